The molecule has 0 atom stereocenters. The third-order valence-corrected chi connectivity index (χ3v) is 4.44. The van der Waals surface area contributed by atoms with Crippen molar-refractivity contribution in [2.24, 2.45) is 0 Å². The predicted molar refractivity (Wildman–Crippen MR) is 104 cm³/mol. The van der Waals surface area contributed by atoms with E-state index in [9.17, 15) is 14.9 Å². The fourth-order valence-electron chi connectivity index (χ4n) is 2.89. The van der Waals surface area contributed by atoms with Gasteiger partial charge in [0.1, 0.15) is 11.6 Å². The molecule has 0 bridgehead atoms. The molecule has 1 aliphatic rings. The molecule has 1 saturated heterocycles. The number of anilines is 1. The number of carbonyl (C=O) groups is 2. The van der Waals surface area contributed by atoms with Crippen molar-refractivity contribution in [3.63, 3.8) is 0 Å². The van der Waals surface area contributed by atoms with Gasteiger partial charge in [-0.1, -0.05) is 38.3 Å². The van der Waals surface area contributed by atoms with Crippen molar-refractivity contribution in [2.75, 3.05) is 25.0 Å². The van der Waals surface area contributed by atoms with Crippen molar-refractivity contribution >= 4 is 17.6 Å². The van der Waals surface area contributed by atoms with E-state index in [1.165, 1.54) is 12.8 Å². The van der Waals surface area contributed by atoms with Gasteiger partial charge < -0.3 is 15.0 Å². The van der Waals surface area contributed by atoms with E-state index in [-0.39, 0.29) is 11.1 Å². The summed E-state index contributed by atoms with van der Waals surface area (Å²) in [7, 11) is 0. The van der Waals surface area contributed by atoms with Gasteiger partial charge >= 0.3 is 5.97 Å². The van der Waals surface area contributed by atoms with Crippen LogP contribution in [-0.4, -0.2) is 36.5 Å². The number of ether oxygens (including phenoxy) is 1. The van der Waals surface area contributed by atoms with Gasteiger partial charge in [0.15, 0.2) is 0 Å². The Bertz CT molecular complexity index is 714. The predicted octanol–water partition coefficient (Wildman–Crippen LogP) is 3.87. The molecule has 6 nitrogen and oxygen atoms in total. The monoisotopic (exact) mass is 369 g/mol. The zero-order chi connectivity index (χ0) is 19.5. The first-order valence-electron chi connectivity index (χ1n) is 9.59. The summed E-state index contributed by atoms with van der Waals surface area (Å²) in [6.45, 7) is 4.05. The molecular weight excluding hydrogens is 342 g/mol. The number of para-hydroxylation sites is 1. The molecule has 2 rings (SSSR count). The van der Waals surface area contributed by atoms with Gasteiger partial charge in [0.2, 0.25) is 0 Å². The third kappa shape index (κ3) is 6.45. The van der Waals surface area contributed by atoms with Crippen molar-refractivity contribution in [1.82, 2.24) is 4.90 Å². The molecule has 0 spiro atoms. The molecule has 1 aromatic carbocycles. The number of hydrogen-bond acceptors (Lipinski definition) is 5. The van der Waals surface area contributed by atoms with Crippen molar-refractivity contribution in [2.45, 2.75) is 45.4 Å². The molecule has 1 amide bonds. The van der Waals surface area contributed by atoms with Crippen LogP contribution in [0.15, 0.2) is 36.0 Å². The van der Waals surface area contributed by atoms with Crippen LogP contribution in [0.1, 0.15) is 55.8 Å². The summed E-state index contributed by atoms with van der Waals surface area (Å²) >= 11 is 0. The first-order valence-corrected chi connectivity index (χ1v) is 9.59. The second-order valence-electron chi connectivity index (χ2n) is 6.59. The van der Waals surface area contributed by atoms with E-state index in [2.05, 4.69) is 5.32 Å². The summed E-state index contributed by atoms with van der Waals surface area (Å²) in [4.78, 5) is 26.8. The van der Waals surface area contributed by atoms with Crippen LogP contribution in [0.3, 0.4) is 0 Å². The summed E-state index contributed by atoms with van der Waals surface area (Å²) in [6.07, 6.45) is 7.81. The maximum Gasteiger partial charge on any atom is 0.340 e. The lowest BCUT2D eigenvalue weighted by Gasteiger charge is -2.18. The number of likely N-dealkylation sites (tertiary alicyclic amines) is 1. The van der Waals surface area contributed by atoms with Gasteiger partial charge in [0.25, 0.3) is 5.91 Å². The summed E-state index contributed by atoms with van der Waals surface area (Å²) in [5.74, 6) is -0.995. The summed E-state index contributed by atoms with van der Waals surface area (Å²) < 4.78 is 5.23. The summed E-state index contributed by atoms with van der Waals surface area (Å²) in [5, 5.41) is 12.1. The molecule has 6 heteroatoms. The van der Waals surface area contributed by atoms with Gasteiger partial charge in [-0.2, -0.15) is 5.26 Å². The smallest absolute Gasteiger partial charge is 0.340 e. The minimum absolute atomic E-state index is 0.0334. The number of nitrogens with one attached hydrogen (secondary N) is 1. The summed E-state index contributed by atoms with van der Waals surface area (Å²) in [6, 6.07) is 8.65. The van der Waals surface area contributed by atoms with Crippen LogP contribution in [-0.2, 0) is 9.53 Å². The van der Waals surface area contributed by atoms with E-state index < -0.39 is 11.9 Å². The van der Waals surface area contributed by atoms with E-state index in [1.807, 2.05) is 17.9 Å². The van der Waals surface area contributed by atoms with Gasteiger partial charge in [-0.25, -0.2) is 4.79 Å². The molecule has 1 fully saturated rings. The Morgan fingerprint density at radius 2 is 1.93 bits per heavy atom. The second-order valence-corrected chi connectivity index (χ2v) is 6.59. The number of nitrogens with zero attached hydrogens (tertiary/aromatic N) is 2. The highest BCUT2D eigenvalue weighted by Crippen LogP contribution is 2.18. The molecule has 0 radical (unpaired) electrons. The highest BCUT2D eigenvalue weighted by Gasteiger charge is 2.17. The van der Waals surface area contributed by atoms with Crippen LogP contribution >= 0.6 is 0 Å². The van der Waals surface area contributed by atoms with Gasteiger partial charge in [0.05, 0.1) is 17.9 Å². The van der Waals surface area contributed by atoms with Crippen LogP contribution in [0.2, 0.25) is 0 Å². The van der Waals surface area contributed by atoms with Crippen molar-refractivity contribution in [3.05, 3.63) is 41.6 Å². The molecule has 0 saturated carbocycles. The van der Waals surface area contributed by atoms with Crippen LogP contribution in [0.4, 0.5) is 5.69 Å². The van der Waals surface area contributed by atoms with Gasteiger partial charge in [-0.15, -0.1) is 0 Å². The Balaban J connectivity index is 2.09. The van der Waals surface area contributed by atoms with Crippen molar-refractivity contribution in [1.29, 1.82) is 5.26 Å². The highest BCUT2D eigenvalue weighted by molar-refractivity contribution is 6.09. The molecule has 1 heterocycles. The van der Waals surface area contributed by atoms with Crippen molar-refractivity contribution < 1.29 is 14.3 Å². The minimum atomic E-state index is -0.518. The number of rotatable bonds is 7. The number of carbonyl (C=O) groups excluding carboxylic acids is 2. The molecule has 144 valence electrons. The zero-order valence-corrected chi connectivity index (χ0v) is 15.9. The average molecular weight is 369 g/mol. The van der Waals surface area contributed by atoms with E-state index in [1.54, 1.807) is 30.5 Å². The molecule has 1 aromatic rings. The Labute approximate surface area is 160 Å². The number of unbranched alkanes of at least 4 members (excludes halogenated alkanes) is 1. The summed E-state index contributed by atoms with van der Waals surface area (Å²) in [5.41, 5.74) is 0.668. The third-order valence-electron chi connectivity index (χ3n) is 4.44. The fourth-order valence-corrected chi connectivity index (χ4v) is 2.89. The Hall–Kier alpha value is -2.81. The topological polar surface area (TPSA) is 82.4 Å². The number of hydrogen-bond donors (Lipinski definition) is 1. The molecule has 0 unspecified atom stereocenters. The Morgan fingerprint density at radius 1 is 1.22 bits per heavy atom. The molecule has 1 aliphatic heterocycles. The van der Waals surface area contributed by atoms with E-state index >= 15 is 0 Å². The molecular formula is C21H27N3O3. The maximum atomic E-state index is 12.6. The number of esters is 1. The highest BCUT2D eigenvalue weighted by atomic mass is 16.5. The largest absolute Gasteiger partial charge is 0.462 e. The van der Waals surface area contributed by atoms with Gasteiger partial charge in [-0.3, -0.25) is 4.79 Å². The molecule has 27 heavy (non-hydrogen) atoms. The van der Waals surface area contributed by atoms with Crippen molar-refractivity contribution in [3.8, 4) is 6.07 Å². The van der Waals surface area contributed by atoms with Crippen LogP contribution < -0.4 is 5.32 Å². The first-order chi connectivity index (χ1) is 13.2. The fraction of sp³-hybridized carbons (Fsp3) is 0.476. The van der Waals surface area contributed by atoms with E-state index in [0.717, 1.165) is 38.8 Å². The molecule has 1 N–H and O–H groups in total. The SMILES string of the molecule is CCCCOC(=O)c1ccccc1NC(=O)/C(C#N)=C\N1CCCCCC1. The van der Waals surface area contributed by atoms with E-state index in [0.29, 0.717) is 12.3 Å². The number of benzene rings is 1. The average Bonchev–Trinajstić information content (AvgIpc) is 2.95. The lowest BCUT2D eigenvalue weighted by Crippen LogP contribution is -2.22. The molecule has 0 aromatic heterocycles. The zero-order valence-electron chi connectivity index (χ0n) is 15.9. The van der Waals surface area contributed by atoms with Gasteiger partial charge in [0, 0.05) is 19.3 Å². The number of nitriles is 1. The second kappa shape index (κ2) is 11.0. The normalized spacial score (nSPS) is 14.8. The Kier molecular flexibility index (Phi) is 8.37. The van der Waals surface area contributed by atoms with Gasteiger partial charge in [-0.05, 0) is 31.4 Å². The lowest BCUT2D eigenvalue weighted by molar-refractivity contribution is -0.112. The molecule has 0 aliphatic carbocycles. The minimum Gasteiger partial charge on any atom is -0.462 e. The Morgan fingerprint density at radius 3 is 2.59 bits per heavy atom. The quantitative estimate of drug-likeness (QED) is 0.341. The van der Waals surface area contributed by atoms with Crippen LogP contribution in [0, 0.1) is 11.3 Å². The lowest BCUT2D eigenvalue weighted by atomic mass is 10.1. The van der Waals surface area contributed by atoms with E-state index in [4.69, 9.17) is 4.74 Å². The standard InChI is InChI=1S/C21H27N3O3/c1-2-3-14-27-21(26)18-10-6-7-11-19(18)23-20(25)17(15-22)16-24-12-8-4-5-9-13-24/h6-7,10-11,16H,2-5,8-9,12-14H2,1H3,(H,23,25)/b17-16-. The van der Waals surface area contributed by atoms with Crippen LogP contribution in [0.5, 0.6) is 0 Å². The first kappa shape index (κ1) is 20.5. The van der Waals surface area contributed by atoms with Crippen LogP contribution in [0.25, 0.3) is 0 Å². The maximum absolute atomic E-state index is 12.6. The number of amides is 1.